The molecule has 4 rings (SSSR count). The molecule has 0 saturated heterocycles. The van der Waals surface area contributed by atoms with E-state index in [1.807, 2.05) is 73.8 Å². The van der Waals surface area contributed by atoms with Crippen molar-refractivity contribution in [3.8, 4) is 11.1 Å². The molecular formula is C24H23N3O2S2. The standard InChI is InChI=1S/C24H23N3O2S2/c1-15-8-6-7-11-18(15)16(2)25-21(28)14-30-13-20-26-23(29)22-19(12-31-24(22)27-20)17-9-4-3-5-10-17/h3-12,16H,13-14H2,1-2H3,(H,25,28)(H,26,27,29). The van der Waals surface area contributed by atoms with Crippen LogP contribution in [0.15, 0.2) is 64.8 Å². The number of aromatic nitrogens is 2. The first-order valence-corrected chi connectivity index (χ1v) is 12.0. The molecule has 1 atom stereocenters. The molecule has 4 aromatic rings. The SMILES string of the molecule is Cc1ccccc1C(C)NC(=O)CSCc1nc2scc(-c3ccccc3)c2c(=O)[nH]1. The van der Waals surface area contributed by atoms with Crippen LogP contribution in [0.2, 0.25) is 0 Å². The lowest BCUT2D eigenvalue weighted by Gasteiger charge is -2.16. The van der Waals surface area contributed by atoms with Crippen molar-refractivity contribution >= 4 is 39.2 Å². The van der Waals surface area contributed by atoms with Gasteiger partial charge in [0.05, 0.1) is 22.9 Å². The molecule has 0 saturated carbocycles. The van der Waals surface area contributed by atoms with Crippen molar-refractivity contribution in [3.05, 3.63) is 87.3 Å². The van der Waals surface area contributed by atoms with Gasteiger partial charge in [-0.2, -0.15) is 0 Å². The van der Waals surface area contributed by atoms with Crippen molar-refractivity contribution in [2.75, 3.05) is 5.75 Å². The first-order valence-electron chi connectivity index (χ1n) is 10.0. The van der Waals surface area contributed by atoms with Gasteiger partial charge < -0.3 is 10.3 Å². The number of carbonyl (C=O) groups is 1. The molecule has 2 aromatic heterocycles. The van der Waals surface area contributed by atoms with E-state index in [2.05, 4.69) is 15.3 Å². The predicted octanol–water partition coefficient (Wildman–Crippen LogP) is 5.07. The van der Waals surface area contributed by atoms with Gasteiger partial charge in [-0.1, -0.05) is 54.6 Å². The second-order valence-corrected chi connectivity index (χ2v) is 9.19. The summed E-state index contributed by atoms with van der Waals surface area (Å²) in [5, 5.41) is 5.63. The van der Waals surface area contributed by atoms with Crippen molar-refractivity contribution in [1.82, 2.24) is 15.3 Å². The van der Waals surface area contributed by atoms with Crippen LogP contribution in [0.25, 0.3) is 21.3 Å². The highest BCUT2D eigenvalue weighted by Crippen LogP contribution is 2.30. The van der Waals surface area contributed by atoms with Gasteiger partial charge in [-0.15, -0.1) is 23.1 Å². The molecule has 0 aliphatic carbocycles. The van der Waals surface area contributed by atoms with Crippen LogP contribution < -0.4 is 10.9 Å². The van der Waals surface area contributed by atoms with E-state index >= 15 is 0 Å². The second kappa shape index (κ2) is 9.49. The highest BCUT2D eigenvalue weighted by Gasteiger charge is 2.14. The largest absolute Gasteiger partial charge is 0.349 e. The van der Waals surface area contributed by atoms with E-state index < -0.39 is 0 Å². The Labute approximate surface area is 188 Å². The van der Waals surface area contributed by atoms with E-state index in [4.69, 9.17) is 0 Å². The number of nitrogens with one attached hydrogen (secondary N) is 2. The molecule has 2 N–H and O–H groups in total. The van der Waals surface area contributed by atoms with Crippen molar-refractivity contribution < 1.29 is 4.79 Å². The van der Waals surface area contributed by atoms with Crippen molar-refractivity contribution in [2.45, 2.75) is 25.6 Å². The lowest BCUT2D eigenvalue weighted by Crippen LogP contribution is -2.28. The highest BCUT2D eigenvalue weighted by atomic mass is 32.2. The van der Waals surface area contributed by atoms with Crippen molar-refractivity contribution in [2.24, 2.45) is 0 Å². The minimum Gasteiger partial charge on any atom is -0.349 e. The lowest BCUT2D eigenvalue weighted by molar-refractivity contribution is -0.119. The number of nitrogens with zero attached hydrogens (tertiary/aromatic N) is 1. The molecule has 5 nitrogen and oxygen atoms in total. The molecule has 0 fully saturated rings. The average molecular weight is 450 g/mol. The first kappa shape index (κ1) is 21.3. The van der Waals surface area contributed by atoms with Crippen LogP contribution in [0.4, 0.5) is 0 Å². The number of hydrogen-bond acceptors (Lipinski definition) is 5. The Kier molecular flexibility index (Phi) is 6.53. The molecule has 2 aromatic carbocycles. The Morgan fingerprint density at radius 3 is 2.68 bits per heavy atom. The van der Waals surface area contributed by atoms with E-state index in [0.29, 0.717) is 22.7 Å². The first-order chi connectivity index (χ1) is 15.0. The van der Waals surface area contributed by atoms with Crippen LogP contribution in [-0.4, -0.2) is 21.6 Å². The molecular weight excluding hydrogens is 426 g/mol. The second-order valence-electron chi connectivity index (χ2n) is 7.35. The molecule has 158 valence electrons. The number of amides is 1. The van der Waals surface area contributed by atoms with E-state index in [0.717, 1.165) is 27.1 Å². The molecule has 0 aliphatic rings. The van der Waals surface area contributed by atoms with Crippen LogP contribution in [0.1, 0.15) is 29.9 Å². The Balaban J connectivity index is 1.39. The molecule has 31 heavy (non-hydrogen) atoms. The molecule has 0 bridgehead atoms. The minimum absolute atomic E-state index is 0.0355. The number of hydrogen-bond donors (Lipinski definition) is 2. The van der Waals surface area contributed by atoms with E-state index in [-0.39, 0.29) is 17.5 Å². The maximum atomic E-state index is 12.7. The molecule has 1 unspecified atom stereocenters. The Morgan fingerprint density at radius 2 is 1.90 bits per heavy atom. The molecule has 0 radical (unpaired) electrons. The fourth-order valence-electron chi connectivity index (χ4n) is 3.57. The number of H-pyrrole nitrogens is 1. The quantitative estimate of drug-likeness (QED) is 0.413. The third kappa shape index (κ3) is 4.89. The number of fused-ring (bicyclic) bond motifs is 1. The fraction of sp³-hybridized carbons (Fsp3) is 0.208. The number of thioether (sulfide) groups is 1. The molecule has 1 amide bonds. The number of aromatic amines is 1. The van der Waals surface area contributed by atoms with Gasteiger partial charge in [-0.05, 0) is 30.5 Å². The van der Waals surface area contributed by atoms with Gasteiger partial charge in [0.1, 0.15) is 10.7 Å². The van der Waals surface area contributed by atoms with Crippen molar-refractivity contribution in [3.63, 3.8) is 0 Å². The summed E-state index contributed by atoms with van der Waals surface area (Å²) in [6.07, 6.45) is 0. The topological polar surface area (TPSA) is 74.8 Å². The number of carbonyl (C=O) groups excluding carboxylic acids is 1. The van der Waals surface area contributed by atoms with Crippen molar-refractivity contribution in [1.29, 1.82) is 0 Å². The molecule has 2 heterocycles. The highest BCUT2D eigenvalue weighted by molar-refractivity contribution is 7.99. The molecule has 0 aliphatic heterocycles. The van der Waals surface area contributed by atoms with E-state index in [9.17, 15) is 9.59 Å². The maximum Gasteiger partial charge on any atom is 0.260 e. The summed E-state index contributed by atoms with van der Waals surface area (Å²) in [5.41, 5.74) is 4.03. The molecule has 7 heteroatoms. The minimum atomic E-state index is -0.140. The van der Waals surface area contributed by atoms with Crippen LogP contribution in [0.3, 0.4) is 0 Å². The van der Waals surface area contributed by atoms with Gasteiger partial charge in [0.15, 0.2) is 0 Å². The number of rotatable bonds is 7. The van der Waals surface area contributed by atoms with Crippen LogP contribution in [0.5, 0.6) is 0 Å². The Morgan fingerprint density at radius 1 is 1.16 bits per heavy atom. The summed E-state index contributed by atoms with van der Waals surface area (Å²) in [6.45, 7) is 4.03. The molecule has 0 spiro atoms. The summed E-state index contributed by atoms with van der Waals surface area (Å²) in [7, 11) is 0. The number of benzene rings is 2. The van der Waals surface area contributed by atoms with Gasteiger partial charge in [0.2, 0.25) is 5.91 Å². The van der Waals surface area contributed by atoms with Crippen LogP contribution >= 0.6 is 23.1 Å². The third-order valence-electron chi connectivity index (χ3n) is 5.08. The summed E-state index contributed by atoms with van der Waals surface area (Å²) in [5.74, 6) is 1.32. The summed E-state index contributed by atoms with van der Waals surface area (Å²) >= 11 is 2.90. The predicted molar refractivity (Wildman–Crippen MR) is 130 cm³/mol. The van der Waals surface area contributed by atoms with E-state index in [1.165, 1.54) is 23.1 Å². The maximum absolute atomic E-state index is 12.7. The Bertz CT molecular complexity index is 1260. The zero-order chi connectivity index (χ0) is 21.8. The van der Waals surface area contributed by atoms with Gasteiger partial charge in [0, 0.05) is 10.9 Å². The lowest BCUT2D eigenvalue weighted by atomic mass is 10.0. The van der Waals surface area contributed by atoms with Gasteiger partial charge in [-0.25, -0.2) is 4.98 Å². The number of aryl methyl sites for hydroxylation is 1. The summed E-state index contributed by atoms with van der Waals surface area (Å²) in [4.78, 5) is 33.3. The average Bonchev–Trinajstić information content (AvgIpc) is 3.19. The fourth-order valence-corrected chi connectivity index (χ4v) is 5.23. The summed E-state index contributed by atoms with van der Waals surface area (Å²) in [6, 6.07) is 17.8. The van der Waals surface area contributed by atoms with Crippen LogP contribution in [-0.2, 0) is 10.5 Å². The Hall–Kier alpha value is -2.90. The van der Waals surface area contributed by atoms with Gasteiger partial charge in [-0.3, -0.25) is 9.59 Å². The van der Waals surface area contributed by atoms with E-state index in [1.54, 1.807) is 0 Å². The third-order valence-corrected chi connectivity index (χ3v) is 6.90. The van der Waals surface area contributed by atoms with Crippen LogP contribution in [0, 0.1) is 6.92 Å². The summed E-state index contributed by atoms with van der Waals surface area (Å²) < 4.78 is 0. The van der Waals surface area contributed by atoms with Gasteiger partial charge >= 0.3 is 0 Å². The normalized spacial score (nSPS) is 12.1. The smallest absolute Gasteiger partial charge is 0.260 e. The zero-order valence-electron chi connectivity index (χ0n) is 17.3. The number of thiophene rings is 1. The monoisotopic (exact) mass is 449 g/mol. The van der Waals surface area contributed by atoms with Gasteiger partial charge in [0.25, 0.3) is 5.56 Å². The zero-order valence-corrected chi connectivity index (χ0v) is 19.0.